The van der Waals surface area contributed by atoms with Gasteiger partial charge in [-0.25, -0.2) is 0 Å². The van der Waals surface area contributed by atoms with Crippen molar-refractivity contribution in [1.29, 1.82) is 5.26 Å². The minimum Gasteiger partial charge on any atom is -0.493 e. The molecule has 0 saturated heterocycles. The van der Waals surface area contributed by atoms with Gasteiger partial charge in [-0.05, 0) is 59.7 Å². The number of alkyl halides is 3. The van der Waals surface area contributed by atoms with Gasteiger partial charge in [0.1, 0.15) is 18.2 Å². The average molecular weight is 610 g/mol. The van der Waals surface area contributed by atoms with Crippen molar-refractivity contribution in [2.45, 2.75) is 12.8 Å². The van der Waals surface area contributed by atoms with Crippen LogP contribution in [0.5, 0.6) is 11.5 Å². The van der Waals surface area contributed by atoms with Gasteiger partial charge in [0.05, 0.1) is 12.7 Å². The summed E-state index contributed by atoms with van der Waals surface area (Å²) in [6.07, 6.45) is -3.26. The molecular formula is C25H17Br2F3N2O3. The van der Waals surface area contributed by atoms with Crippen LogP contribution in [0, 0.1) is 11.3 Å². The van der Waals surface area contributed by atoms with Crippen LogP contribution in [-0.4, -0.2) is 13.0 Å². The lowest BCUT2D eigenvalue weighted by atomic mass is 10.1. The molecule has 0 aliphatic rings. The number of anilines is 1. The molecule has 0 aliphatic heterocycles. The highest BCUT2D eigenvalue weighted by Gasteiger charge is 2.30. The Morgan fingerprint density at radius 3 is 2.43 bits per heavy atom. The molecule has 0 heterocycles. The van der Waals surface area contributed by atoms with E-state index in [-0.39, 0.29) is 17.9 Å². The van der Waals surface area contributed by atoms with Crippen LogP contribution in [0.3, 0.4) is 0 Å². The van der Waals surface area contributed by atoms with E-state index >= 15 is 0 Å². The zero-order valence-corrected chi connectivity index (χ0v) is 21.3. The van der Waals surface area contributed by atoms with Gasteiger partial charge in [0.15, 0.2) is 11.5 Å². The van der Waals surface area contributed by atoms with E-state index in [0.29, 0.717) is 21.5 Å². The highest BCUT2D eigenvalue weighted by Crippen LogP contribution is 2.35. The second-order valence-corrected chi connectivity index (χ2v) is 8.91. The fourth-order valence-electron chi connectivity index (χ4n) is 2.95. The van der Waals surface area contributed by atoms with Crippen molar-refractivity contribution in [2.75, 3.05) is 12.4 Å². The Bertz CT molecular complexity index is 1300. The number of nitriles is 1. The summed E-state index contributed by atoms with van der Waals surface area (Å²) >= 11 is 6.78. The van der Waals surface area contributed by atoms with Crippen molar-refractivity contribution in [2.24, 2.45) is 0 Å². The van der Waals surface area contributed by atoms with Crippen molar-refractivity contribution in [3.05, 3.63) is 91.9 Å². The Kier molecular flexibility index (Phi) is 8.59. The van der Waals surface area contributed by atoms with Crippen LogP contribution in [-0.2, 0) is 17.6 Å². The van der Waals surface area contributed by atoms with E-state index in [4.69, 9.17) is 9.47 Å². The molecule has 0 radical (unpaired) electrons. The average Bonchev–Trinajstić information content (AvgIpc) is 2.82. The summed E-state index contributed by atoms with van der Waals surface area (Å²) in [4.78, 5) is 12.6. The van der Waals surface area contributed by atoms with Gasteiger partial charge in [0.2, 0.25) is 0 Å². The zero-order valence-electron chi connectivity index (χ0n) is 18.1. The number of hydrogen-bond donors (Lipinski definition) is 1. The number of hydrogen-bond acceptors (Lipinski definition) is 4. The number of nitrogens with zero attached hydrogens (tertiary/aromatic N) is 1. The molecule has 0 saturated carbocycles. The number of amides is 1. The molecular weight excluding hydrogens is 593 g/mol. The van der Waals surface area contributed by atoms with Crippen molar-refractivity contribution in [1.82, 2.24) is 0 Å². The smallest absolute Gasteiger partial charge is 0.416 e. The summed E-state index contributed by atoms with van der Waals surface area (Å²) in [5.41, 5.74) is 0.0685. The number of methoxy groups -OCH3 is 1. The fraction of sp³-hybridized carbons (Fsp3) is 0.120. The van der Waals surface area contributed by atoms with E-state index in [0.717, 1.165) is 22.2 Å². The lowest BCUT2D eigenvalue weighted by molar-refractivity contribution is -0.137. The van der Waals surface area contributed by atoms with Crippen LogP contribution in [0.15, 0.2) is 75.2 Å². The Hall–Kier alpha value is -3.29. The van der Waals surface area contributed by atoms with Crippen LogP contribution < -0.4 is 14.8 Å². The largest absolute Gasteiger partial charge is 0.493 e. The third-order valence-electron chi connectivity index (χ3n) is 4.70. The van der Waals surface area contributed by atoms with Crippen LogP contribution in [0.25, 0.3) is 6.08 Å². The monoisotopic (exact) mass is 608 g/mol. The molecule has 35 heavy (non-hydrogen) atoms. The van der Waals surface area contributed by atoms with Gasteiger partial charge < -0.3 is 14.8 Å². The maximum atomic E-state index is 12.9. The number of benzene rings is 3. The molecule has 0 aromatic heterocycles. The van der Waals surface area contributed by atoms with E-state index < -0.39 is 17.6 Å². The van der Waals surface area contributed by atoms with E-state index in [1.54, 1.807) is 18.2 Å². The molecule has 10 heteroatoms. The third kappa shape index (κ3) is 7.10. The number of carbonyl (C=O) groups excluding carboxylic acids is 1. The van der Waals surface area contributed by atoms with Crippen LogP contribution in [0.1, 0.15) is 16.7 Å². The first-order chi connectivity index (χ1) is 16.6. The number of carbonyl (C=O) groups is 1. The molecule has 3 aromatic rings. The van der Waals surface area contributed by atoms with Gasteiger partial charge >= 0.3 is 6.18 Å². The highest BCUT2D eigenvalue weighted by molar-refractivity contribution is 9.10. The number of rotatable bonds is 7. The first kappa shape index (κ1) is 26.3. The Morgan fingerprint density at radius 1 is 1.09 bits per heavy atom. The SMILES string of the molecule is COc1cc(/C=C(/C#N)C(=O)Nc2cccc(C(F)(F)F)c2)c(Br)cc1OCc1ccc(Br)cc1. The molecule has 180 valence electrons. The lowest BCUT2D eigenvalue weighted by Gasteiger charge is -2.13. The van der Waals surface area contributed by atoms with Crippen LogP contribution in [0.2, 0.25) is 0 Å². The first-order valence-electron chi connectivity index (χ1n) is 9.96. The van der Waals surface area contributed by atoms with Gasteiger partial charge in [-0.15, -0.1) is 0 Å². The van der Waals surface area contributed by atoms with Gasteiger partial charge in [0.25, 0.3) is 5.91 Å². The van der Waals surface area contributed by atoms with Gasteiger partial charge in [-0.2, -0.15) is 18.4 Å². The lowest BCUT2D eigenvalue weighted by Crippen LogP contribution is -2.14. The Morgan fingerprint density at radius 2 is 1.80 bits per heavy atom. The molecule has 3 aromatic carbocycles. The molecule has 0 unspecified atom stereocenters. The minimum absolute atomic E-state index is 0.0840. The van der Waals surface area contributed by atoms with Gasteiger partial charge in [-0.3, -0.25) is 4.79 Å². The number of halogens is 5. The second kappa shape index (κ2) is 11.4. The van der Waals surface area contributed by atoms with E-state index in [1.807, 2.05) is 24.3 Å². The molecule has 0 bridgehead atoms. The van der Waals surface area contributed by atoms with Crippen molar-refractivity contribution >= 4 is 49.5 Å². The van der Waals surface area contributed by atoms with Crippen molar-refractivity contribution in [3.8, 4) is 17.6 Å². The normalized spacial score (nSPS) is 11.5. The second-order valence-electron chi connectivity index (χ2n) is 7.14. The van der Waals surface area contributed by atoms with E-state index in [1.165, 1.54) is 25.3 Å². The number of ether oxygens (including phenoxy) is 2. The fourth-order valence-corrected chi connectivity index (χ4v) is 3.65. The third-order valence-corrected chi connectivity index (χ3v) is 5.92. The molecule has 3 rings (SSSR count). The standard InChI is InChI=1S/C25H17Br2F3N2O3/c1-34-22-10-16(21(27)12-23(22)35-14-15-5-7-19(26)8-6-15)9-17(13-31)24(33)32-20-4-2-3-18(11-20)25(28,29)30/h2-12H,14H2,1H3,(H,32,33)/b17-9-. The first-order valence-corrected chi connectivity index (χ1v) is 11.5. The molecule has 0 fully saturated rings. The van der Waals surface area contributed by atoms with Crippen LogP contribution in [0.4, 0.5) is 18.9 Å². The quantitative estimate of drug-likeness (QED) is 0.224. The molecule has 1 amide bonds. The van der Waals surface area contributed by atoms with Crippen molar-refractivity contribution < 1.29 is 27.4 Å². The molecule has 0 atom stereocenters. The summed E-state index contributed by atoms with van der Waals surface area (Å²) < 4.78 is 51.5. The topological polar surface area (TPSA) is 71.3 Å². The Balaban J connectivity index is 1.81. The summed E-state index contributed by atoms with van der Waals surface area (Å²) in [5.74, 6) is -0.0493. The predicted octanol–water partition coefficient (Wildman–Crippen LogP) is 7.36. The van der Waals surface area contributed by atoms with Gasteiger partial charge in [-0.1, -0.05) is 50.1 Å². The zero-order chi connectivity index (χ0) is 25.6. The molecule has 0 spiro atoms. The van der Waals surface area contributed by atoms with Gasteiger partial charge in [0, 0.05) is 14.6 Å². The predicted molar refractivity (Wildman–Crippen MR) is 133 cm³/mol. The summed E-state index contributed by atoms with van der Waals surface area (Å²) in [5, 5.41) is 11.8. The highest BCUT2D eigenvalue weighted by atomic mass is 79.9. The maximum absolute atomic E-state index is 12.9. The summed E-state index contributed by atoms with van der Waals surface area (Å²) in [7, 11) is 1.45. The minimum atomic E-state index is -4.56. The Labute approximate surface area is 216 Å². The van der Waals surface area contributed by atoms with E-state index in [2.05, 4.69) is 37.2 Å². The van der Waals surface area contributed by atoms with Crippen molar-refractivity contribution in [3.63, 3.8) is 0 Å². The summed E-state index contributed by atoms with van der Waals surface area (Å²) in [6, 6.07) is 16.8. The van der Waals surface area contributed by atoms with Crippen LogP contribution >= 0.6 is 31.9 Å². The maximum Gasteiger partial charge on any atom is 0.416 e. The molecule has 5 nitrogen and oxygen atoms in total. The molecule has 0 aliphatic carbocycles. The molecule has 1 N–H and O–H groups in total. The summed E-state index contributed by atoms with van der Waals surface area (Å²) in [6.45, 7) is 0.286. The van der Waals surface area contributed by atoms with E-state index in [9.17, 15) is 23.2 Å². The number of nitrogens with one attached hydrogen (secondary N) is 1.